The molecule has 3 heteroatoms. The van der Waals surface area contributed by atoms with Crippen LogP contribution in [0.3, 0.4) is 0 Å². The molecule has 42 valence electrons. The van der Waals surface area contributed by atoms with E-state index in [9.17, 15) is 4.79 Å². The Bertz CT molecular complexity index is 149. The van der Waals surface area contributed by atoms with Gasteiger partial charge in [-0.15, -0.1) is 0 Å². The topological polar surface area (TPSA) is 41.8 Å². The molecule has 0 amide bonds. The third kappa shape index (κ3) is 1.26. The predicted octanol–water partition coefficient (Wildman–Crippen LogP) is 0.925. The monoisotopic (exact) mass is 110 g/mol. The van der Waals surface area contributed by atoms with Crippen molar-refractivity contribution in [3.05, 3.63) is 12.3 Å². The molecule has 8 heavy (non-hydrogen) atoms. The van der Waals surface area contributed by atoms with Gasteiger partial charge in [0, 0.05) is 12.5 Å². The molecule has 0 unspecified atom stereocenters. The van der Waals surface area contributed by atoms with Gasteiger partial charge in [-0.05, 0) is 0 Å². The Hall–Kier alpha value is -0.990. The zero-order chi connectivity index (χ0) is 5.82. The highest BCUT2D eigenvalue weighted by Crippen LogP contribution is 1.93. The molecule has 0 N–H and O–H groups in total. The van der Waals surface area contributed by atoms with Crippen LogP contribution in [-0.2, 0) is 4.79 Å². The van der Waals surface area contributed by atoms with E-state index in [1.807, 2.05) is 0 Å². The van der Waals surface area contributed by atoms with Gasteiger partial charge in [0.25, 0.3) is 0 Å². The molecule has 1 rings (SSSR count). The van der Waals surface area contributed by atoms with E-state index in [4.69, 9.17) is 0 Å². The molecule has 0 fully saturated rings. The number of hydrogen-bond donors (Lipinski definition) is 0. The Morgan fingerprint density at radius 2 is 2.50 bits per heavy atom. The summed E-state index contributed by atoms with van der Waals surface area (Å²) in [4.78, 5) is 10.5. The second kappa shape index (κ2) is 2.35. The van der Waals surface area contributed by atoms with E-state index in [-0.39, 0.29) is 5.78 Å². The second-order valence-electron chi connectivity index (χ2n) is 1.51. The average molecular weight is 110 g/mol. The van der Waals surface area contributed by atoms with Gasteiger partial charge in [0.05, 0.1) is 12.7 Å². The largest absolute Gasteiger partial charge is 0.295 e. The van der Waals surface area contributed by atoms with Crippen LogP contribution < -0.4 is 0 Å². The summed E-state index contributed by atoms with van der Waals surface area (Å²) in [6.45, 7) is 0.534. The number of nitrogens with zero attached hydrogens (tertiary/aromatic N) is 2. The number of carbonyl (C=O) groups excluding carboxylic acids is 1. The molecule has 3 nitrogen and oxygen atoms in total. The fourth-order valence-corrected chi connectivity index (χ4v) is 0.465. The van der Waals surface area contributed by atoms with Crippen molar-refractivity contribution in [2.24, 2.45) is 10.2 Å². The normalized spacial score (nSPS) is 18.8. The number of carbonyl (C=O) groups is 1. The maximum absolute atomic E-state index is 10.5. The van der Waals surface area contributed by atoms with Crippen LogP contribution in [0.4, 0.5) is 0 Å². The third-order valence-corrected chi connectivity index (χ3v) is 0.867. The number of rotatable bonds is 0. The summed E-state index contributed by atoms with van der Waals surface area (Å²) in [5.74, 6) is 0.106. The molecule has 0 atom stereocenters. The molecular weight excluding hydrogens is 104 g/mol. The molecule has 0 aromatic heterocycles. The smallest absolute Gasteiger partial charge is 0.159 e. The van der Waals surface area contributed by atoms with E-state index >= 15 is 0 Å². The summed E-state index contributed by atoms with van der Waals surface area (Å²) in [6.07, 6.45) is 3.37. The highest BCUT2D eigenvalue weighted by molar-refractivity contribution is 5.89. The summed E-state index contributed by atoms with van der Waals surface area (Å²) in [6, 6.07) is 0. The first-order valence-electron chi connectivity index (χ1n) is 2.45. The maximum atomic E-state index is 10.5. The van der Waals surface area contributed by atoms with Crippen LogP contribution >= 0.6 is 0 Å². The lowest BCUT2D eigenvalue weighted by atomic mass is 10.3. The molecule has 0 bridgehead atoms. The van der Waals surface area contributed by atoms with Crippen molar-refractivity contribution >= 4 is 5.78 Å². The van der Waals surface area contributed by atoms with Crippen molar-refractivity contribution < 1.29 is 4.79 Å². The minimum absolute atomic E-state index is 0.106. The van der Waals surface area contributed by atoms with Gasteiger partial charge in [0.2, 0.25) is 0 Å². The van der Waals surface area contributed by atoms with Crippen molar-refractivity contribution in [1.82, 2.24) is 0 Å². The summed E-state index contributed by atoms with van der Waals surface area (Å²) >= 11 is 0. The zero-order valence-corrected chi connectivity index (χ0v) is 4.37. The quantitative estimate of drug-likeness (QED) is 0.457. The van der Waals surface area contributed by atoms with Gasteiger partial charge < -0.3 is 0 Å². The molecule has 0 saturated heterocycles. The highest BCUT2D eigenvalue weighted by atomic mass is 16.1. The molecule has 0 radical (unpaired) electrons. The van der Waals surface area contributed by atoms with Gasteiger partial charge >= 0.3 is 0 Å². The first-order chi connectivity index (χ1) is 3.89. The number of allylic oxidation sites excluding steroid dienone is 1. The van der Waals surface area contributed by atoms with E-state index in [2.05, 4.69) is 10.2 Å². The maximum Gasteiger partial charge on any atom is 0.159 e. The van der Waals surface area contributed by atoms with Crippen LogP contribution in [0.5, 0.6) is 0 Å². The molecule has 1 aliphatic rings. The second-order valence-corrected chi connectivity index (χ2v) is 1.51. The van der Waals surface area contributed by atoms with Crippen LogP contribution in [0.2, 0.25) is 0 Å². The van der Waals surface area contributed by atoms with Crippen LogP contribution in [-0.4, -0.2) is 12.3 Å². The molecule has 0 aromatic rings. The van der Waals surface area contributed by atoms with E-state index in [0.29, 0.717) is 13.0 Å². The summed E-state index contributed by atoms with van der Waals surface area (Å²) in [5.41, 5.74) is 0. The molecule has 0 spiro atoms. The highest BCUT2D eigenvalue weighted by Gasteiger charge is 1.95. The van der Waals surface area contributed by atoms with Crippen LogP contribution in [0.1, 0.15) is 6.42 Å². The van der Waals surface area contributed by atoms with Crippen LogP contribution in [0, 0.1) is 0 Å². The van der Waals surface area contributed by atoms with Gasteiger partial charge in [-0.1, -0.05) is 0 Å². The number of azo groups is 1. The van der Waals surface area contributed by atoms with Crippen molar-refractivity contribution in [3.63, 3.8) is 0 Å². The van der Waals surface area contributed by atoms with Crippen LogP contribution in [0.15, 0.2) is 22.5 Å². The molecule has 0 saturated carbocycles. The number of ketones is 1. The lowest BCUT2D eigenvalue weighted by Crippen LogP contribution is -1.91. The van der Waals surface area contributed by atoms with Crippen LogP contribution in [0.25, 0.3) is 0 Å². The van der Waals surface area contributed by atoms with Crippen molar-refractivity contribution in [1.29, 1.82) is 0 Å². The lowest BCUT2D eigenvalue weighted by Gasteiger charge is -1.80. The van der Waals surface area contributed by atoms with Gasteiger partial charge in [0.1, 0.15) is 0 Å². The Labute approximate surface area is 47.1 Å². The average Bonchev–Trinajstić information content (AvgIpc) is 1.94. The number of hydrogen-bond acceptors (Lipinski definition) is 3. The van der Waals surface area contributed by atoms with Gasteiger partial charge in [-0.2, -0.15) is 10.2 Å². The molecule has 0 aromatic carbocycles. The molecular formula is C5H6N2O. The predicted molar refractivity (Wildman–Crippen MR) is 28.5 cm³/mol. The van der Waals surface area contributed by atoms with Crippen molar-refractivity contribution in [2.45, 2.75) is 6.42 Å². The standard InChI is InChI=1S/C5H6N2O/c8-5-1-3-6-7-4-2-5/h1,3H,2,4H2. The lowest BCUT2D eigenvalue weighted by molar-refractivity contribution is -0.114. The Kier molecular flexibility index (Phi) is 1.51. The third-order valence-electron chi connectivity index (χ3n) is 0.867. The van der Waals surface area contributed by atoms with E-state index < -0.39 is 0 Å². The Balaban J connectivity index is 2.58. The fraction of sp³-hybridized carbons (Fsp3) is 0.400. The SMILES string of the molecule is O=C1C=CN=NCC1. The van der Waals surface area contributed by atoms with E-state index in [1.54, 1.807) is 0 Å². The first-order valence-corrected chi connectivity index (χ1v) is 2.45. The van der Waals surface area contributed by atoms with Gasteiger partial charge in [-0.25, -0.2) is 0 Å². The van der Waals surface area contributed by atoms with E-state index in [1.165, 1.54) is 12.3 Å². The summed E-state index contributed by atoms with van der Waals surface area (Å²) < 4.78 is 0. The fourth-order valence-electron chi connectivity index (χ4n) is 0.465. The van der Waals surface area contributed by atoms with Crippen molar-refractivity contribution in [3.8, 4) is 0 Å². The van der Waals surface area contributed by atoms with Gasteiger partial charge in [0.15, 0.2) is 5.78 Å². The molecule has 0 aliphatic carbocycles. The first kappa shape index (κ1) is 5.15. The van der Waals surface area contributed by atoms with Crippen molar-refractivity contribution in [2.75, 3.05) is 6.54 Å². The Morgan fingerprint density at radius 1 is 1.62 bits per heavy atom. The minimum atomic E-state index is 0.106. The minimum Gasteiger partial charge on any atom is -0.295 e. The van der Waals surface area contributed by atoms with Gasteiger partial charge in [-0.3, -0.25) is 4.79 Å². The zero-order valence-electron chi connectivity index (χ0n) is 4.37. The summed E-state index contributed by atoms with van der Waals surface area (Å²) in [5, 5.41) is 7.18. The Morgan fingerprint density at radius 3 is 3.38 bits per heavy atom. The molecule has 1 aliphatic heterocycles. The molecule has 1 heterocycles. The van der Waals surface area contributed by atoms with E-state index in [0.717, 1.165) is 0 Å². The summed E-state index contributed by atoms with van der Waals surface area (Å²) in [7, 11) is 0.